The summed E-state index contributed by atoms with van der Waals surface area (Å²) < 4.78 is 0. The highest BCUT2D eigenvalue weighted by Crippen LogP contribution is 2.24. The quantitative estimate of drug-likeness (QED) is 0.828. The lowest BCUT2D eigenvalue weighted by Gasteiger charge is -2.10. The zero-order chi connectivity index (χ0) is 13.0. The summed E-state index contributed by atoms with van der Waals surface area (Å²) >= 11 is 5.95. The number of nitrogen functional groups attached to an aromatic ring is 1. The largest absolute Gasteiger partial charge is 0.393 e. The van der Waals surface area contributed by atoms with Crippen molar-refractivity contribution in [3.63, 3.8) is 0 Å². The molecule has 0 unspecified atom stereocenters. The molecule has 0 fully saturated rings. The molecule has 0 aliphatic heterocycles. The fourth-order valence-corrected chi connectivity index (χ4v) is 1.65. The van der Waals surface area contributed by atoms with Crippen LogP contribution < -0.4 is 11.1 Å². The third-order valence-electron chi connectivity index (χ3n) is 2.44. The first-order chi connectivity index (χ1) is 8.70. The van der Waals surface area contributed by atoms with Gasteiger partial charge in [0, 0.05) is 25.4 Å². The van der Waals surface area contributed by atoms with Crippen LogP contribution in [0.25, 0.3) is 0 Å². The predicted octanol–water partition coefficient (Wildman–Crippen LogP) is 2.28. The summed E-state index contributed by atoms with van der Waals surface area (Å²) in [6, 6.07) is 3.85. The molecule has 0 saturated carbocycles. The number of nitrogens with two attached hydrogens (primary N) is 1. The standard InChI is InChI=1S/C12H14ClN5/c1-2-9-17-11(13)10(14)12(18-9)16-7-8-4-3-5-15-6-8/h3-6H,2,7,14H2,1H3,(H,16,17,18). The SMILES string of the molecule is CCc1nc(Cl)c(N)c(NCc2cccnc2)n1. The fraction of sp³-hybridized carbons (Fsp3) is 0.250. The van der Waals surface area contributed by atoms with Gasteiger partial charge in [0.2, 0.25) is 0 Å². The molecule has 2 heterocycles. The van der Waals surface area contributed by atoms with Crippen molar-refractivity contribution in [2.75, 3.05) is 11.1 Å². The van der Waals surface area contributed by atoms with E-state index in [2.05, 4.69) is 20.3 Å². The topological polar surface area (TPSA) is 76.7 Å². The second-order valence-corrected chi connectivity index (χ2v) is 4.12. The molecule has 5 nitrogen and oxygen atoms in total. The Balaban J connectivity index is 2.16. The number of pyridine rings is 1. The maximum Gasteiger partial charge on any atom is 0.157 e. The van der Waals surface area contributed by atoms with E-state index in [1.807, 2.05) is 19.1 Å². The average molecular weight is 264 g/mol. The summed E-state index contributed by atoms with van der Waals surface area (Å²) in [6.07, 6.45) is 4.23. The third-order valence-corrected chi connectivity index (χ3v) is 2.73. The second kappa shape index (κ2) is 5.64. The number of nitrogens with zero attached hydrogens (tertiary/aromatic N) is 3. The molecule has 2 aromatic heterocycles. The van der Waals surface area contributed by atoms with Gasteiger partial charge in [-0.05, 0) is 11.6 Å². The summed E-state index contributed by atoms with van der Waals surface area (Å²) in [5.41, 5.74) is 7.25. The van der Waals surface area contributed by atoms with E-state index in [9.17, 15) is 0 Å². The molecule has 2 rings (SSSR count). The lowest BCUT2D eigenvalue weighted by molar-refractivity contribution is 0.935. The molecular weight excluding hydrogens is 250 g/mol. The van der Waals surface area contributed by atoms with Crippen molar-refractivity contribution >= 4 is 23.1 Å². The van der Waals surface area contributed by atoms with Crippen LogP contribution in [0.3, 0.4) is 0 Å². The lowest BCUT2D eigenvalue weighted by Crippen LogP contribution is -2.08. The summed E-state index contributed by atoms with van der Waals surface area (Å²) in [4.78, 5) is 12.4. The number of halogens is 1. The van der Waals surface area contributed by atoms with Crippen molar-refractivity contribution in [1.82, 2.24) is 15.0 Å². The molecule has 0 spiro atoms. The van der Waals surface area contributed by atoms with Gasteiger partial charge in [0.25, 0.3) is 0 Å². The number of rotatable bonds is 4. The molecular formula is C12H14ClN5. The first kappa shape index (κ1) is 12.6. The van der Waals surface area contributed by atoms with Gasteiger partial charge in [-0.2, -0.15) is 0 Å². The van der Waals surface area contributed by atoms with Crippen molar-refractivity contribution in [3.8, 4) is 0 Å². The Labute approximate surface area is 110 Å². The van der Waals surface area contributed by atoms with Crippen molar-refractivity contribution in [3.05, 3.63) is 41.1 Å². The summed E-state index contributed by atoms with van der Waals surface area (Å²) in [6.45, 7) is 2.56. The van der Waals surface area contributed by atoms with Gasteiger partial charge in [-0.15, -0.1) is 0 Å². The van der Waals surface area contributed by atoms with Crippen LogP contribution in [0.15, 0.2) is 24.5 Å². The van der Waals surface area contributed by atoms with Crippen molar-refractivity contribution in [1.29, 1.82) is 0 Å². The van der Waals surface area contributed by atoms with E-state index >= 15 is 0 Å². The van der Waals surface area contributed by atoms with Crippen LogP contribution in [0.4, 0.5) is 11.5 Å². The number of hydrogen-bond donors (Lipinski definition) is 2. The molecule has 0 radical (unpaired) electrons. The highest BCUT2D eigenvalue weighted by atomic mass is 35.5. The Morgan fingerprint density at radius 2 is 2.22 bits per heavy atom. The molecule has 18 heavy (non-hydrogen) atoms. The van der Waals surface area contributed by atoms with Crippen LogP contribution in [0, 0.1) is 0 Å². The van der Waals surface area contributed by atoms with Gasteiger partial charge in [-0.1, -0.05) is 24.6 Å². The monoisotopic (exact) mass is 263 g/mol. The molecule has 0 aliphatic carbocycles. The van der Waals surface area contributed by atoms with Gasteiger partial charge < -0.3 is 11.1 Å². The minimum atomic E-state index is 0.288. The number of nitrogens with one attached hydrogen (secondary N) is 1. The number of aryl methyl sites for hydroxylation is 1. The normalized spacial score (nSPS) is 10.3. The molecule has 0 saturated heterocycles. The predicted molar refractivity (Wildman–Crippen MR) is 72.4 cm³/mol. The molecule has 6 heteroatoms. The molecule has 2 aromatic rings. The first-order valence-electron chi connectivity index (χ1n) is 5.65. The van der Waals surface area contributed by atoms with Crippen LogP contribution in [-0.2, 0) is 13.0 Å². The number of aromatic nitrogens is 3. The Morgan fingerprint density at radius 1 is 1.39 bits per heavy atom. The Morgan fingerprint density at radius 3 is 2.89 bits per heavy atom. The van der Waals surface area contributed by atoms with Gasteiger partial charge in [0.1, 0.15) is 11.5 Å². The maximum absolute atomic E-state index is 5.95. The zero-order valence-electron chi connectivity index (χ0n) is 10.0. The fourth-order valence-electron chi connectivity index (χ4n) is 1.47. The van der Waals surface area contributed by atoms with E-state index in [0.29, 0.717) is 30.3 Å². The molecule has 3 N–H and O–H groups in total. The van der Waals surface area contributed by atoms with E-state index < -0.39 is 0 Å². The Bertz CT molecular complexity index is 529. The molecule has 0 aromatic carbocycles. The zero-order valence-corrected chi connectivity index (χ0v) is 10.8. The van der Waals surface area contributed by atoms with Crippen LogP contribution in [0.5, 0.6) is 0 Å². The number of hydrogen-bond acceptors (Lipinski definition) is 5. The third kappa shape index (κ3) is 2.87. The Kier molecular flexibility index (Phi) is 3.94. The molecule has 0 atom stereocenters. The molecule has 94 valence electrons. The van der Waals surface area contributed by atoms with Crippen LogP contribution in [0.1, 0.15) is 18.3 Å². The van der Waals surface area contributed by atoms with Crippen LogP contribution in [-0.4, -0.2) is 15.0 Å². The van der Waals surface area contributed by atoms with Gasteiger partial charge >= 0.3 is 0 Å². The lowest BCUT2D eigenvalue weighted by atomic mass is 10.3. The van der Waals surface area contributed by atoms with Crippen molar-refractivity contribution in [2.24, 2.45) is 0 Å². The van der Waals surface area contributed by atoms with Gasteiger partial charge in [-0.25, -0.2) is 9.97 Å². The molecule has 0 amide bonds. The first-order valence-corrected chi connectivity index (χ1v) is 6.03. The van der Waals surface area contributed by atoms with Crippen LogP contribution >= 0.6 is 11.6 Å². The van der Waals surface area contributed by atoms with Gasteiger partial charge in [-0.3, -0.25) is 4.98 Å². The van der Waals surface area contributed by atoms with Crippen molar-refractivity contribution < 1.29 is 0 Å². The van der Waals surface area contributed by atoms with Crippen molar-refractivity contribution in [2.45, 2.75) is 19.9 Å². The van der Waals surface area contributed by atoms with Gasteiger partial charge in [0.05, 0.1) is 0 Å². The summed E-state index contributed by atoms with van der Waals surface area (Å²) in [7, 11) is 0. The maximum atomic E-state index is 5.95. The smallest absolute Gasteiger partial charge is 0.157 e. The van der Waals surface area contributed by atoms with Gasteiger partial charge in [0.15, 0.2) is 11.0 Å². The van der Waals surface area contributed by atoms with Crippen LogP contribution in [0.2, 0.25) is 5.15 Å². The molecule has 0 aliphatic rings. The van der Waals surface area contributed by atoms with E-state index in [-0.39, 0.29) is 5.15 Å². The minimum absolute atomic E-state index is 0.288. The van der Waals surface area contributed by atoms with E-state index in [1.165, 1.54) is 0 Å². The van der Waals surface area contributed by atoms with E-state index in [0.717, 1.165) is 5.56 Å². The molecule has 0 bridgehead atoms. The van der Waals surface area contributed by atoms with E-state index in [4.69, 9.17) is 17.3 Å². The highest BCUT2D eigenvalue weighted by molar-refractivity contribution is 6.32. The average Bonchev–Trinajstić information content (AvgIpc) is 2.41. The minimum Gasteiger partial charge on any atom is -0.393 e. The summed E-state index contributed by atoms with van der Waals surface area (Å²) in [5, 5.41) is 3.43. The Hall–Kier alpha value is -1.88. The highest BCUT2D eigenvalue weighted by Gasteiger charge is 2.09. The summed E-state index contributed by atoms with van der Waals surface area (Å²) in [5.74, 6) is 1.23. The second-order valence-electron chi connectivity index (χ2n) is 3.76. The number of anilines is 2. The van der Waals surface area contributed by atoms with E-state index in [1.54, 1.807) is 12.4 Å².